The van der Waals surface area contributed by atoms with Crippen molar-refractivity contribution in [2.45, 2.75) is 31.5 Å². The number of anilines is 1. The average molecular weight is 458 g/mol. The van der Waals surface area contributed by atoms with Gasteiger partial charge in [0.1, 0.15) is 6.54 Å². The van der Waals surface area contributed by atoms with Crippen molar-refractivity contribution in [2.24, 2.45) is 0 Å². The predicted molar refractivity (Wildman–Crippen MR) is 118 cm³/mol. The number of aromatic nitrogens is 4. The number of benzene rings is 1. The largest absolute Gasteiger partial charge is 0.416 e. The molecule has 0 bridgehead atoms. The van der Waals surface area contributed by atoms with Gasteiger partial charge < -0.3 is 9.80 Å². The molecule has 0 N–H and O–H groups in total. The fraction of sp³-hybridized carbons (Fsp3) is 0.391. The highest BCUT2D eigenvalue weighted by molar-refractivity contribution is 5.76. The third-order valence-corrected chi connectivity index (χ3v) is 5.75. The number of likely N-dealkylation sites (tertiary alicyclic amines) is 1. The minimum Gasteiger partial charge on any atom is -0.347 e. The number of halogens is 3. The number of amides is 1. The van der Waals surface area contributed by atoms with Crippen LogP contribution in [0.2, 0.25) is 0 Å². The van der Waals surface area contributed by atoms with E-state index in [-0.39, 0.29) is 18.4 Å². The van der Waals surface area contributed by atoms with E-state index in [1.54, 1.807) is 34.2 Å². The van der Waals surface area contributed by atoms with Crippen LogP contribution >= 0.6 is 0 Å². The highest BCUT2D eigenvalue weighted by Gasteiger charge is 2.31. The van der Waals surface area contributed by atoms with Gasteiger partial charge in [-0.15, -0.1) is 0 Å². The lowest BCUT2D eigenvalue weighted by Crippen LogP contribution is -2.41. The third-order valence-electron chi connectivity index (χ3n) is 5.75. The van der Waals surface area contributed by atoms with Gasteiger partial charge >= 0.3 is 6.18 Å². The maximum Gasteiger partial charge on any atom is 0.416 e. The molecule has 3 heterocycles. The highest BCUT2D eigenvalue weighted by atomic mass is 19.4. The summed E-state index contributed by atoms with van der Waals surface area (Å²) in [7, 11) is 3.66. The van der Waals surface area contributed by atoms with Crippen LogP contribution in [0.1, 0.15) is 30.0 Å². The summed E-state index contributed by atoms with van der Waals surface area (Å²) in [4.78, 5) is 25.5. The van der Waals surface area contributed by atoms with Crippen LogP contribution in [-0.2, 0) is 17.5 Å². The van der Waals surface area contributed by atoms with E-state index >= 15 is 0 Å². The van der Waals surface area contributed by atoms with Gasteiger partial charge in [-0.2, -0.15) is 18.3 Å². The van der Waals surface area contributed by atoms with Crippen LogP contribution in [0.3, 0.4) is 0 Å². The molecule has 1 aliphatic rings. The number of hydrogen-bond donors (Lipinski definition) is 0. The van der Waals surface area contributed by atoms with Crippen molar-refractivity contribution < 1.29 is 18.0 Å². The lowest BCUT2D eigenvalue weighted by Gasteiger charge is -2.33. The molecule has 0 aliphatic carbocycles. The minimum absolute atomic E-state index is 0.0265. The Balaban J connectivity index is 1.63. The van der Waals surface area contributed by atoms with E-state index in [1.807, 2.05) is 19.0 Å². The van der Waals surface area contributed by atoms with E-state index < -0.39 is 11.7 Å². The summed E-state index contributed by atoms with van der Waals surface area (Å²) in [6, 6.07) is 6.80. The third kappa shape index (κ3) is 5.15. The Morgan fingerprint density at radius 1 is 1.21 bits per heavy atom. The highest BCUT2D eigenvalue weighted by Crippen LogP contribution is 2.36. The molecule has 1 fully saturated rings. The van der Waals surface area contributed by atoms with Gasteiger partial charge in [-0.1, -0.05) is 12.1 Å². The van der Waals surface area contributed by atoms with Crippen LogP contribution in [0, 0.1) is 0 Å². The van der Waals surface area contributed by atoms with Crippen molar-refractivity contribution in [3.05, 3.63) is 60.2 Å². The fourth-order valence-electron chi connectivity index (χ4n) is 4.03. The summed E-state index contributed by atoms with van der Waals surface area (Å²) < 4.78 is 40.6. The summed E-state index contributed by atoms with van der Waals surface area (Å²) >= 11 is 0. The first-order valence-corrected chi connectivity index (χ1v) is 10.7. The molecule has 1 saturated heterocycles. The molecule has 3 aromatic rings. The van der Waals surface area contributed by atoms with Gasteiger partial charge in [0.05, 0.1) is 11.3 Å². The van der Waals surface area contributed by atoms with Gasteiger partial charge in [-0.25, -0.2) is 9.97 Å². The van der Waals surface area contributed by atoms with Gasteiger partial charge in [0, 0.05) is 57.3 Å². The number of piperidine rings is 1. The van der Waals surface area contributed by atoms with Crippen molar-refractivity contribution in [1.29, 1.82) is 0 Å². The average Bonchev–Trinajstić information content (AvgIpc) is 3.31. The minimum atomic E-state index is -4.40. The van der Waals surface area contributed by atoms with E-state index in [4.69, 9.17) is 4.98 Å². The number of hydrogen-bond acceptors (Lipinski definition) is 5. The first kappa shape index (κ1) is 22.8. The molecular formula is C23H25F3N6O. The molecule has 4 rings (SSSR count). The molecule has 2 aromatic heterocycles. The molecule has 0 saturated carbocycles. The SMILES string of the molecule is CN(C)c1ncc(-c2ccc(C(F)(F)F)cc2)c(C2CCCN(C(=O)Cn3cccn3)C2)n1. The molecule has 10 heteroatoms. The Morgan fingerprint density at radius 3 is 2.61 bits per heavy atom. The zero-order chi connectivity index (χ0) is 23.6. The standard InChI is InChI=1S/C23H25F3N6O/c1-30(2)22-27-13-19(16-6-8-18(9-7-16)23(24,25)26)21(29-22)17-5-3-11-31(14-17)20(33)15-32-12-4-10-28-32/h4,6-10,12-13,17H,3,5,11,14-15H2,1-2H3. The molecule has 174 valence electrons. The lowest BCUT2D eigenvalue weighted by molar-refractivity contribution is -0.137. The van der Waals surface area contributed by atoms with Crippen molar-refractivity contribution in [3.63, 3.8) is 0 Å². The van der Waals surface area contributed by atoms with E-state index in [0.29, 0.717) is 30.2 Å². The maximum atomic E-state index is 13.0. The number of rotatable bonds is 5. The van der Waals surface area contributed by atoms with Crippen molar-refractivity contribution in [3.8, 4) is 11.1 Å². The molecular weight excluding hydrogens is 433 g/mol. The smallest absolute Gasteiger partial charge is 0.347 e. The lowest BCUT2D eigenvalue weighted by atomic mass is 9.89. The maximum absolute atomic E-state index is 13.0. The second-order valence-corrected chi connectivity index (χ2v) is 8.32. The first-order valence-electron chi connectivity index (χ1n) is 10.7. The zero-order valence-electron chi connectivity index (χ0n) is 18.5. The quantitative estimate of drug-likeness (QED) is 0.581. The molecule has 1 aromatic carbocycles. The van der Waals surface area contributed by atoms with Crippen LogP contribution in [0.25, 0.3) is 11.1 Å². The fourth-order valence-corrected chi connectivity index (χ4v) is 4.03. The van der Waals surface area contributed by atoms with E-state index in [0.717, 1.165) is 30.7 Å². The Bertz CT molecular complexity index is 1100. The van der Waals surface area contributed by atoms with Crippen LogP contribution in [0.15, 0.2) is 48.9 Å². The van der Waals surface area contributed by atoms with Crippen LogP contribution in [0.4, 0.5) is 19.1 Å². The number of alkyl halides is 3. The summed E-state index contributed by atoms with van der Waals surface area (Å²) in [5, 5.41) is 4.10. The number of carbonyl (C=O) groups is 1. The Morgan fingerprint density at radius 2 is 1.97 bits per heavy atom. The Labute approximate surface area is 189 Å². The molecule has 7 nitrogen and oxygen atoms in total. The summed E-state index contributed by atoms with van der Waals surface area (Å²) in [6.45, 7) is 1.30. The summed E-state index contributed by atoms with van der Waals surface area (Å²) in [6.07, 6.45) is 2.27. The Hall–Kier alpha value is -3.43. The monoisotopic (exact) mass is 458 g/mol. The molecule has 1 amide bonds. The molecule has 33 heavy (non-hydrogen) atoms. The van der Waals surface area contributed by atoms with Crippen molar-refractivity contribution in [1.82, 2.24) is 24.6 Å². The van der Waals surface area contributed by atoms with E-state index in [1.165, 1.54) is 12.1 Å². The molecule has 1 unspecified atom stereocenters. The zero-order valence-corrected chi connectivity index (χ0v) is 18.5. The number of carbonyl (C=O) groups excluding carboxylic acids is 1. The topological polar surface area (TPSA) is 67.2 Å². The van der Waals surface area contributed by atoms with Crippen molar-refractivity contribution >= 4 is 11.9 Å². The van der Waals surface area contributed by atoms with E-state index in [2.05, 4.69) is 10.1 Å². The second-order valence-electron chi connectivity index (χ2n) is 8.32. The van der Waals surface area contributed by atoms with Gasteiger partial charge in [0.15, 0.2) is 0 Å². The summed E-state index contributed by atoms with van der Waals surface area (Å²) in [5.41, 5.74) is 1.33. The van der Waals surface area contributed by atoms with Gasteiger partial charge in [0.2, 0.25) is 11.9 Å². The summed E-state index contributed by atoms with van der Waals surface area (Å²) in [5.74, 6) is 0.432. The van der Waals surface area contributed by atoms with Gasteiger partial charge in [-0.3, -0.25) is 9.48 Å². The van der Waals surface area contributed by atoms with Gasteiger partial charge in [-0.05, 0) is 36.6 Å². The molecule has 0 radical (unpaired) electrons. The van der Waals surface area contributed by atoms with Crippen LogP contribution in [0.5, 0.6) is 0 Å². The van der Waals surface area contributed by atoms with Crippen molar-refractivity contribution in [2.75, 3.05) is 32.1 Å². The van der Waals surface area contributed by atoms with Crippen LogP contribution in [-0.4, -0.2) is 57.7 Å². The molecule has 1 aliphatic heterocycles. The first-order chi connectivity index (χ1) is 15.7. The predicted octanol–water partition coefficient (Wildman–Crippen LogP) is 3.83. The van der Waals surface area contributed by atoms with E-state index in [9.17, 15) is 18.0 Å². The second kappa shape index (κ2) is 9.21. The molecule has 0 spiro atoms. The van der Waals surface area contributed by atoms with Gasteiger partial charge in [0.25, 0.3) is 0 Å². The Kier molecular flexibility index (Phi) is 6.35. The van der Waals surface area contributed by atoms with Crippen LogP contribution < -0.4 is 4.90 Å². The number of nitrogens with zero attached hydrogens (tertiary/aromatic N) is 6. The molecule has 1 atom stereocenters. The normalized spacial score (nSPS) is 16.6.